The minimum Gasteiger partial charge on any atom is -0.373 e. The van der Waals surface area contributed by atoms with Crippen LogP contribution in [0.2, 0.25) is 0 Å². The van der Waals surface area contributed by atoms with Crippen LogP contribution in [0.4, 0.5) is 0 Å². The first-order chi connectivity index (χ1) is 4.16. The van der Waals surface area contributed by atoms with E-state index in [9.17, 15) is 4.79 Å². The minimum absolute atomic E-state index is 0.325. The van der Waals surface area contributed by atoms with Crippen LogP contribution in [0.1, 0.15) is 19.8 Å². The Hall–Kier alpha value is -0.830. The summed E-state index contributed by atoms with van der Waals surface area (Å²) in [6.07, 6.45) is 0.974. The molecule has 0 spiro atoms. The highest BCUT2D eigenvalue weighted by Crippen LogP contribution is 1.99. The molecule has 0 amide bonds. The molecule has 0 saturated heterocycles. The molecule has 3 heteroatoms. The summed E-state index contributed by atoms with van der Waals surface area (Å²) < 4.78 is 0. The zero-order chi connectivity index (χ0) is 7.28. The van der Waals surface area contributed by atoms with Gasteiger partial charge in [0.1, 0.15) is 0 Å². The first kappa shape index (κ1) is 8.17. The van der Waals surface area contributed by atoms with Crippen molar-refractivity contribution in [2.75, 3.05) is 0 Å². The summed E-state index contributed by atoms with van der Waals surface area (Å²) in [6.45, 7) is 5.46. The zero-order valence-electron chi connectivity index (χ0n) is 5.52. The summed E-state index contributed by atoms with van der Waals surface area (Å²) in [5.41, 5.74) is 0.959. The Balaban J connectivity index is 3.28. The molecule has 0 fully saturated rings. The summed E-state index contributed by atoms with van der Waals surface area (Å²) in [6, 6.07) is 0. The SMILES string of the molecule is C=C(C)CCC(=O)ON. The fourth-order valence-electron chi connectivity index (χ4n) is 0.374. The van der Waals surface area contributed by atoms with Gasteiger partial charge in [-0.05, 0) is 13.3 Å². The average Bonchev–Trinajstić information content (AvgIpc) is 1.83. The van der Waals surface area contributed by atoms with Gasteiger partial charge < -0.3 is 4.84 Å². The molecule has 9 heavy (non-hydrogen) atoms. The third kappa shape index (κ3) is 5.03. The Bertz CT molecular complexity index is 120. The van der Waals surface area contributed by atoms with Crippen LogP contribution in [0.3, 0.4) is 0 Å². The summed E-state index contributed by atoms with van der Waals surface area (Å²) in [4.78, 5) is 14.2. The molecule has 0 bridgehead atoms. The molecule has 0 aliphatic heterocycles. The van der Waals surface area contributed by atoms with E-state index in [4.69, 9.17) is 0 Å². The Kier molecular flexibility index (Phi) is 3.71. The van der Waals surface area contributed by atoms with Crippen LogP contribution in [0.5, 0.6) is 0 Å². The highest BCUT2D eigenvalue weighted by molar-refractivity contribution is 5.69. The number of nitrogens with two attached hydrogens (primary N) is 1. The lowest BCUT2D eigenvalue weighted by Gasteiger charge is -1.95. The molecule has 0 radical (unpaired) electrons. The van der Waals surface area contributed by atoms with Gasteiger partial charge in [0.2, 0.25) is 0 Å². The van der Waals surface area contributed by atoms with Crippen LogP contribution in [-0.2, 0) is 9.63 Å². The molecule has 0 unspecified atom stereocenters. The third-order valence-electron chi connectivity index (χ3n) is 0.887. The standard InChI is InChI=1S/C6H11NO2/c1-5(2)3-4-6(8)9-7/h1,3-4,7H2,2H3. The van der Waals surface area contributed by atoms with E-state index in [0.717, 1.165) is 5.57 Å². The van der Waals surface area contributed by atoms with Crippen molar-refractivity contribution in [3.63, 3.8) is 0 Å². The summed E-state index contributed by atoms with van der Waals surface area (Å²) >= 11 is 0. The second-order valence-corrected chi connectivity index (χ2v) is 1.95. The Labute approximate surface area is 54.4 Å². The lowest BCUT2D eigenvalue weighted by atomic mass is 10.2. The number of allylic oxidation sites excluding steroid dienone is 1. The topological polar surface area (TPSA) is 52.3 Å². The molecule has 0 heterocycles. The Morgan fingerprint density at radius 3 is 2.56 bits per heavy atom. The Morgan fingerprint density at radius 2 is 2.22 bits per heavy atom. The fourth-order valence-corrected chi connectivity index (χ4v) is 0.374. The van der Waals surface area contributed by atoms with Crippen molar-refractivity contribution in [1.82, 2.24) is 0 Å². The molecule has 0 atom stereocenters. The van der Waals surface area contributed by atoms with Gasteiger partial charge in [-0.3, -0.25) is 4.79 Å². The normalized spacial score (nSPS) is 8.67. The molecule has 0 aromatic heterocycles. The van der Waals surface area contributed by atoms with Crippen molar-refractivity contribution >= 4 is 5.97 Å². The van der Waals surface area contributed by atoms with Crippen molar-refractivity contribution in [3.8, 4) is 0 Å². The van der Waals surface area contributed by atoms with E-state index in [2.05, 4.69) is 17.3 Å². The quantitative estimate of drug-likeness (QED) is 0.452. The van der Waals surface area contributed by atoms with E-state index < -0.39 is 5.97 Å². The number of hydrogen-bond acceptors (Lipinski definition) is 3. The van der Waals surface area contributed by atoms with Gasteiger partial charge in [-0.1, -0.05) is 5.57 Å². The van der Waals surface area contributed by atoms with Crippen molar-refractivity contribution < 1.29 is 9.63 Å². The number of carbonyl (C=O) groups is 1. The van der Waals surface area contributed by atoms with E-state index in [1.165, 1.54) is 0 Å². The monoisotopic (exact) mass is 129 g/mol. The summed E-state index contributed by atoms with van der Waals surface area (Å²) in [5.74, 6) is 4.19. The highest BCUT2D eigenvalue weighted by atomic mass is 16.7. The van der Waals surface area contributed by atoms with Crippen molar-refractivity contribution in [3.05, 3.63) is 12.2 Å². The minimum atomic E-state index is -0.391. The summed E-state index contributed by atoms with van der Waals surface area (Å²) in [7, 11) is 0. The number of hydrogen-bond donors (Lipinski definition) is 1. The molecular weight excluding hydrogens is 118 g/mol. The van der Waals surface area contributed by atoms with Gasteiger partial charge in [0.15, 0.2) is 0 Å². The number of carbonyl (C=O) groups excluding carboxylic acids is 1. The van der Waals surface area contributed by atoms with Crippen molar-refractivity contribution in [1.29, 1.82) is 0 Å². The maximum Gasteiger partial charge on any atom is 0.324 e. The smallest absolute Gasteiger partial charge is 0.324 e. The van der Waals surface area contributed by atoms with Crippen LogP contribution in [0.15, 0.2) is 12.2 Å². The van der Waals surface area contributed by atoms with Gasteiger partial charge in [0.25, 0.3) is 0 Å². The van der Waals surface area contributed by atoms with E-state index in [1.807, 2.05) is 6.92 Å². The second-order valence-electron chi connectivity index (χ2n) is 1.95. The van der Waals surface area contributed by atoms with Crippen LogP contribution < -0.4 is 5.90 Å². The first-order valence-electron chi connectivity index (χ1n) is 2.70. The number of rotatable bonds is 3. The van der Waals surface area contributed by atoms with Crippen molar-refractivity contribution in [2.24, 2.45) is 5.90 Å². The Morgan fingerprint density at radius 1 is 1.67 bits per heavy atom. The maximum atomic E-state index is 10.3. The van der Waals surface area contributed by atoms with Crippen LogP contribution >= 0.6 is 0 Å². The molecule has 52 valence electrons. The molecule has 0 aliphatic rings. The molecular formula is C6H11NO2. The highest BCUT2D eigenvalue weighted by Gasteiger charge is 1.98. The van der Waals surface area contributed by atoms with Crippen LogP contribution in [-0.4, -0.2) is 5.97 Å². The molecule has 2 N–H and O–H groups in total. The molecule has 0 rings (SSSR count). The summed E-state index contributed by atoms with van der Waals surface area (Å²) in [5, 5.41) is 0. The van der Waals surface area contributed by atoms with Crippen molar-refractivity contribution in [2.45, 2.75) is 19.8 Å². The maximum absolute atomic E-state index is 10.3. The van der Waals surface area contributed by atoms with E-state index in [-0.39, 0.29) is 0 Å². The van der Waals surface area contributed by atoms with Gasteiger partial charge in [0.05, 0.1) is 6.42 Å². The average molecular weight is 129 g/mol. The van der Waals surface area contributed by atoms with E-state index >= 15 is 0 Å². The van der Waals surface area contributed by atoms with E-state index in [1.54, 1.807) is 0 Å². The van der Waals surface area contributed by atoms with Gasteiger partial charge in [0, 0.05) is 0 Å². The largest absolute Gasteiger partial charge is 0.373 e. The molecule has 0 saturated carbocycles. The van der Waals surface area contributed by atoms with E-state index in [0.29, 0.717) is 12.8 Å². The predicted octanol–water partition coefficient (Wildman–Crippen LogP) is 0.760. The fraction of sp³-hybridized carbons (Fsp3) is 0.500. The van der Waals surface area contributed by atoms with Crippen LogP contribution in [0, 0.1) is 0 Å². The molecule has 0 aromatic rings. The van der Waals surface area contributed by atoms with Gasteiger partial charge in [-0.15, -0.1) is 6.58 Å². The zero-order valence-corrected chi connectivity index (χ0v) is 5.52. The lowest BCUT2D eigenvalue weighted by Crippen LogP contribution is -2.09. The third-order valence-corrected chi connectivity index (χ3v) is 0.887. The van der Waals surface area contributed by atoms with Gasteiger partial charge in [-0.25, -0.2) is 0 Å². The molecule has 0 aliphatic carbocycles. The van der Waals surface area contributed by atoms with Gasteiger partial charge in [-0.2, -0.15) is 5.90 Å². The molecule has 0 aromatic carbocycles. The van der Waals surface area contributed by atoms with Gasteiger partial charge >= 0.3 is 5.97 Å². The van der Waals surface area contributed by atoms with Crippen LogP contribution in [0.25, 0.3) is 0 Å². The first-order valence-corrected chi connectivity index (χ1v) is 2.70. The second kappa shape index (κ2) is 4.09. The predicted molar refractivity (Wildman–Crippen MR) is 34.3 cm³/mol. The molecule has 3 nitrogen and oxygen atoms in total. The lowest BCUT2D eigenvalue weighted by molar-refractivity contribution is -0.144.